The van der Waals surface area contributed by atoms with Gasteiger partial charge in [-0.15, -0.1) is 0 Å². The molecule has 3 aromatic carbocycles. The van der Waals surface area contributed by atoms with Gasteiger partial charge in [-0.05, 0) is 61.4 Å². The normalized spacial score (nSPS) is 11.7. The molecule has 0 aliphatic heterocycles. The molecule has 0 atom stereocenters. The van der Waals surface area contributed by atoms with E-state index in [0.717, 1.165) is 41.2 Å². The first kappa shape index (κ1) is 24.6. The fourth-order valence-electron chi connectivity index (χ4n) is 4.35. The van der Waals surface area contributed by atoms with Crippen LogP contribution in [0.5, 0.6) is 0 Å². The van der Waals surface area contributed by atoms with Gasteiger partial charge in [0.1, 0.15) is 23.2 Å². The monoisotopic (exact) mass is 519 g/mol. The van der Waals surface area contributed by atoms with Crippen molar-refractivity contribution in [3.63, 3.8) is 0 Å². The van der Waals surface area contributed by atoms with Crippen LogP contribution >= 0.6 is 0 Å². The Labute approximate surface area is 213 Å². The molecule has 37 heavy (non-hydrogen) atoms. The highest BCUT2D eigenvalue weighted by atomic mass is 32.2. The van der Waals surface area contributed by atoms with Crippen molar-refractivity contribution in [2.24, 2.45) is 0 Å². The molecule has 0 unspecified atom stereocenters. The van der Waals surface area contributed by atoms with Gasteiger partial charge in [-0.3, -0.25) is 0 Å². The van der Waals surface area contributed by atoms with E-state index in [4.69, 9.17) is 4.42 Å². The Bertz CT molecular complexity index is 1770. The average Bonchev–Trinajstić information content (AvgIpc) is 3.39. The fourth-order valence-corrected chi connectivity index (χ4v) is 5.02. The zero-order valence-corrected chi connectivity index (χ0v) is 21.4. The van der Waals surface area contributed by atoms with Crippen molar-refractivity contribution in [3.8, 4) is 39.4 Å². The lowest BCUT2D eigenvalue weighted by molar-refractivity contribution is 0.526. The van der Waals surface area contributed by atoms with Gasteiger partial charge in [0.05, 0.1) is 21.8 Å². The molecule has 2 heterocycles. The van der Waals surface area contributed by atoms with E-state index in [2.05, 4.69) is 9.97 Å². The van der Waals surface area contributed by atoms with Crippen LogP contribution in [-0.2, 0) is 9.84 Å². The van der Waals surface area contributed by atoms with Crippen LogP contribution in [-0.4, -0.2) is 29.2 Å². The van der Waals surface area contributed by atoms with Gasteiger partial charge in [-0.1, -0.05) is 18.2 Å². The van der Waals surface area contributed by atoms with Crippen molar-refractivity contribution >= 4 is 9.84 Å². The summed E-state index contributed by atoms with van der Waals surface area (Å²) in [7, 11) is -3.41. The number of hydrogen-bond donors (Lipinski definition) is 0. The number of aromatic nitrogens is 3. The van der Waals surface area contributed by atoms with Crippen LogP contribution in [0.4, 0.5) is 8.78 Å². The summed E-state index contributed by atoms with van der Waals surface area (Å²) in [5, 5.41) is 0. The SMILES string of the molecule is Cc1cn(-c2ccc(-c3cccc(S(C)(=O)=O)c3)cc2-c2nc(C)oc2-c2ccc(F)cc2F)c(C)n1. The number of benzene rings is 3. The molecule has 0 bridgehead atoms. The fraction of sp³-hybridized carbons (Fsp3) is 0.143. The highest BCUT2D eigenvalue weighted by molar-refractivity contribution is 7.90. The van der Waals surface area contributed by atoms with Crippen molar-refractivity contribution < 1.29 is 21.6 Å². The standard InChI is InChI=1S/C28H23F2N3O3S/c1-16-15-33(17(2)31-16)26-11-8-20(19-6-5-7-22(12-19)37(4,34)35)13-24(26)27-28(36-18(3)32-27)23-10-9-21(29)14-25(23)30/h5-15H,1-4H3. The summed E-state index contributed by atoms with van der Waals surface area (Å²) in [5.41, 5.74) is 4.00. The van der Waals surface area contributed by atoms with Crippen LogP contribution in [0.1, 0.15) is 17.4 Å². The van der Waals surface area contributed by atoms with Gasteiger partial charge in [0.25, 0.3) is 0 Å². The van der Waals surface area contributed by atoms with E-state index in [-0.39, 0.29) is 16.2 Å². The number of oxazole rings is 1. The average molecular weight is 520 g/mol. The van der Waals surface area contributed by atoms with Crippen LogP contribution in [0.25, 0.3) is 39.4 Å². The first-order valence-electron chi connectivity index (χ1n) is 11.4. The number of sulfone groups is 1. The number of nitrogens with zero attached hydrogens (tertiary/aromatic N) is 3. The van der Waals surface area contributed by atoms with Gasteiger partial charge in [0.2, 0.25) is 0 Å². The zero-order chi connectivity index (χ0) is 26.5. The first-order valence-corrected chi connectivity index (χ1v) is 13.3. The molecule has 188 valence electrons. The molecular formula is C28H23F2N3O3S. The van der Waals surface area contributed by atoms with Gasteiger partial charge in [-0.25, -0.2) is 27.2 Å². The predicted molar refractivity (Wildman–Crippen MR) is 137 cm³/mol. The summed E-state index contributed by atoms with van der Waals surface area (Å²) in [6, 6.07) is 15.5. The third kappa shape index (κ3) is 4.70. The molecule has 0 saturated heterocycles. The molecule has 0 aliphatic rings. The molecule has 5 rings (SSSR count). The predicted octanol–water partition coefficient (Wildman–Crippen LogP) is 6.47. The van der Waals surface area contributed by atoms with E-state index < -0.39 is 21.5 Å². The molecule has 0 radical (unpaired) electrons. The van der Waals surface area contributed by atoms with Crippen molar-refractivity contribution in [1.82, 2.24) is 14.5 Å². The molecule has 0 spiro atoms. The van der Waals surface area contributed by atoms with Gasteiger partial charge < -0.3 is 8.98 Å². The lowest BCUT2D eigenvalue weighted by Crippen LogP contribution is -2.00. The molecule has 0 amide bonds. The Kier molecular flexibility index (Phi) is 6.03. The molecule has 0 saturated carbocycles. The van der Waals surface area contributed by atoms with Crippen molar-refractivity contribution in [1.29, 1.82) is 0 Å². The quantitative estimate of drug-likeness (QED) is 0.266. The van der Waals surface area contributed by atoms with Crippen molar-refractivity contribution in [2.45, 2.75) is 25.7 Å². The van der Waals surface area contributed by atoms with Crippen molar-refractivity contribution in [2.75, 3.05) is 6.26 Å². The first-order chi connectivity index (χ1) is 17.5. The second-order valence-corrected chi connectivity index (χ2v) is 10.9. The second-order valence-electron chi connectivity index (χ2n) is 8.87. The van der Waals surface area contributed by atoms with E-state index in [1.807, 2.05) is 48.9 Å². The van der Waals surface area contributed by atoms with Gasteiger partial charge in [-0.2, -0.15) is 0 Å². The summed E-state index contributed by atoms with van der Waals surface area (Å²) in [6.45, 7) is 5.41. The Morgan fingerprint density at radius 2 is 1.62 bits per heavy atom. The van der Waals surface area contributed by atoms with Crippen LogP contribution in [0.2, 0.25) is 0 Å². The summed E-state index contributed by atoms with van der Waals surface area (Å²) in [5.74, 6) is -0.265. The zero-order valence-electron chi connectivity index (χ0n) is 20.6. The molecular weight excluding hydrogens is 496 g/mol. The summed E-state index contributed by atoms with van der Waals surface area (Å²) < 4.78 is 60.5. The molecule has 5 aromatic rings. The molecule has 0 N–H and O–H groups in total. The molecule has 0 aliphatic carbocycles. The minimum absolute atomic E-state index is 0.0750. The number of imidazole rings is 1. The van der Waals surface area contributed by atoms with Crippen LogP contribution in [0.3, 0.4) is 0 Å². The third-order valence-corrected chi connectivity index (χ3v) is 7.13. The summed E-state index contributed by atoms with van der Waals surface area (Å²) in [4.78, 5) is 9.28. The maximum atomic E-state index is 14.8. The number of rotatable bonds is 5. The third-order valence-electron chi connectivity index (χ3n) is 6.02. The topological polar surface area (TPSA) is 78.0 Å². The number of aryl methyl sites for hydroxylation is 3. The van der Waals surface area contributed by atoms with Crippen LogP contribution in [0, 0.1) is 32.4 Å². The second kappa shape index (κ2) is 9.08. The highest BCUT2D eigenvalue weighted by Crippen LogP contribution is 2.39. The minimum atomic E-state index is -3.41. The Hall–Kier alpha value is -4.11. The molecule has 0 fully saturated rings. The van der Waals surface area contributed by atoms with Gasteiger partial charge in [0, 0.05) is 31.0 Å². The van der Waals surface area contributed by atoms with E-state index >= 15 is 0 Å². The van der Waals surface area contributed by atoms with Gasteiger partial charge >= 0.3 is 0 Å². The lowest BCUT2D eigenvalue weighted by Gasteiger charge is -2.14. The summed E-state index contributed by atoms with van der Waals surface area (Å²) >= 11 is 0. The minimum Gasteiger partial charge on any atom is -0.440 e. The molecule has 2 aromatic heterocycles. The van der Waals surface area contributed by atoms with E-state index in [1.54, 1.807) is 25.1 Å². The Morgan fingerprint density at radius 3 is 2.30 bits per heavy atom. The highest BCUT2D eigenvalue weighted by Gasteiger charge is 2.23. The Morgan fingerprint density at radius 1 is 0.865 bits per heavy atom. The number of hydrogen-bond acceptors (Lipinski definition) is 5. The van der Waals surface area contributed by atoms with Crippen LogP contribution < -0.4 is 0 Å². The maximum Gasteiger partial charge on any atom is 0.192 e. The van der Waals surface area contributed by atoms with E-state index in [0.29, 0.717) is 22.7 Å². The van der Waals surface area contributed by atoms with Crippen molar-refractivity contribution in [3.05, 3.63) is 95.9 Å². The lowest BCUT2D eigenvalue weighted by atomic mass is 9.98. The maximum absolute atomic E-state index is 14.8. The number of halogens is 2. The van der Waals surface area contributed by atoms with E-state index in [9.17, 15) is 17.2 Å². The smallest absolute Gasteiger partial charge is 0.192 e. The Balaban J connectivity index is 1.78. The molecule has 9 heteroatoms. The van der Waals surface area contributed by atoms with Crippen LogP contribution in [0.15, 0.2) is 76.2 Å². The summed E-state index contributed by atoms with van der Waals surface area (Å²) in [6.07, 6.45) is 3.04. The van der Waals surface area contributed by atoms with Gasteiger partial charge in [0.15, 0.2) is 21.5 Å². The largest absolute Gasteiger partial charge is 0.440 e. The van der Waals surface area contributed by atoms with E-state index in [1.165, 1.54) is 6.07 Å². The molecule has 6 nitrogen and oxygen atoms in total.